The number of benzene rings is 1. The summed E-state index contributed by atoms with van der Waals surface area (Å²) in [5.41, 5.74) is 6.24. The Bertz CT molecular complexity index is 577. The SMILES string of the molecule is COc1ccc(NC(=O)C=C[C@@H](NC(=O)[C@H](C)N)C2CC2)cc1. The number of nitrogens with one attached hydrogen (secondary N) is 2. The first-order chi connectivity index (χ1) is 11.0. The van der Waals surface area contributed by atoms with Crippen molar-refractivity contribution in [1.82, 2.24) is 5.32 Å². The predicted octanol–water partition coefficient (Wildman–Crippen LogP) is 1.43. The Labute approximate surface area is 136 Å². The molecule has 1 aliphatic carbocycles. The first-order valence-electron chi connectivity index (χ1n) is 7.69. The molecule has 1 aromatic rings. The molecule has 1 saturated carbocycles. The molecule has 1 aromatic carbocycles. The van der Waals surface area contributed by atoms with Crippen LogP contribution in [0.1, 0.15) is 19.8 Å². The minimum atomic E-state index is -0.558. The molecule has 2 amide bonds. The van der Waals surface area contributed by atoms with Crippen LogP contribution in [0, 0.1) is 5.92 Å². The number of hydrogen-bond donors (Lipinski definition) is 3. The Morgan fingerprint density at radius 3 is 2.48 bits per heavy atom. The summed E-state index contributed by atoms with van der Waals surface area (Å²) in [5.74, 6) is 0.673. The highest BCUT2D eigenvalue weighted by atomic mass is 16.5. The quantitative estimate of drug-likeness (QED) is 0.663. The number of anilines is 1. The predicted molar refractivity (Wildman–Crippen MR) is 89.1 cm³/mol. The second-order valence-electron chi connectivity index (χ2n) is 5.74. The van der Waals surface area contributed by atoms with Gasteiger partial charge in [-0.3, -0.25) is 9.59 Å². The summed E-state index contributed by atoms with van der Waals surface area (Å²) < 4.78 is 5.07. The lowest BCUT2D eigenvalue weighted by Gasteiger charge is -2.15. The number of nitrogens with two attached hydrogens (primary N) is 1. The zero-order valence-corrected chi connectivity index (χ0v) is 13.4. The van der Waals surface area contributed by atoms with Gasteiger partial charge in [-0.2, -0.15) is 0 Å². The normalized spacial score (nSPS) is 16.7. The van der Waals surface area contributed by atoms with E-state index in [9.17, 15) is 9.59 Å². The number of carbonyl (C=O) groups is 2. The van der Waals surface area contributed by atoms with Crippen LogP contribution in [0.2, 0.25) is 0 Å². The van der Waals surface area contributed by atoms with Crippen molar-refractivity contribution in [2.45, 2.75) is 31.8 Å². The van der Waals surface area contributed by atoms with Crippen LogP contribution in [-0.4, -0.2) is 31.0 Å². The lowest BCUT2D eigenvalue weighted by atomic mass is 10.1. The second-order valence-corrected chi connectivity index (χ2v) is 5.74. The maximum atomic E-state index is 12.0. The number of carbonyl (C=O) groups excluding carboxylic acids is 2. The van der Waals surface area contributed by atoms with Crippen LogP contribution in [0.25, 0.3) is 0 Å². The maximum absolute atomic E-state index is 12.0. The highest BCUT2D eigenvalue weighted by Crippen LogP contribution is 2.33. The van der Waals surface area contributed by atoms with Gasteiger partial charge < -0.3 is 21.1 Å². The van der Waals surface area contributed by atoms with E-state index in [0.717, 1.165) is 18.6 Å². The Balaban J connectivity index is 1.90. The second kappa shape index (κ2) is 7.78. The van der Waals surface area contributed by atoms with E-state index in [0.29, 0.717) is 11.6 Å². The van der Waals surface area contributed by atoms with Crippen LogP contribution in [-0.2, 0) is 9.59 Å². The Kier molecular flexibility index (Phi) is 5.76. The summed E-state index contributed by atoms with van der Waals surface area (Å²) in [6, 6.07) is 6.37. The van der Waals surface area contributed by atoms with Gasteiger partial charge in [0.1, 0.15) is 5.75 Å². The van der Waals surface area contributed by atoms with Crippen molar-refractivity contribution in [3.63, 3.8) is 0 Å². The van der Waals surface area contributed by atoms with Gasteiger partial charge >= 0.3 is 0 Å². The highest BCUT2D eigenvalue weighted by Gasteiger charge is 2.31. The zero-order valence-electron chi connectivity index (χ0n) is 13.4. The first kappa shape index (κ1) is 17.0. The summed E-state index contributed by atoms with van der Waals surface area (Å²) in [6.45, 7) is 1.64. The van der Waals surface area contributed by atoms with E-state index < -0.39 is 6.04 Å². The van der Waals surface area contributed by atoms with Crippen LogP contribution in [0.15, 0.2) is 36.4 Å². The van der Waals surface area contributed by atoms with Crippen molar-refractivity contribution in [3.8, 4) is 5.75 Å². The molecular weight excluding hydrogens is 294 g/mol. The minimum Gasteiger partial charge on any atom is -0.497 e. The molecule has 4 N–H and O–H groups in total. The molecule has 0 bridgehead atoms. The van der Waals surface area contributed by atoms with Crippen LogP contribution < -0.4 is 21.1 Å². The van der Waals surface area contributed by atoms with Crippen molar-refractivity contribution < 1.29 is 14.3 Å². The van der Waals surface area contributed by atoms with Crippen molar-refractivity contribution in [1.29, 1.82) is 0 Å². The summed E-state index contributed by atoms with van der Waals surface area (Å²) in [7, 11) is 1.59. The third-order valence-corrected chi connectivity index (χ3v) is 3.66. The van der Waals surface area contributed by atoms with Gasteiger partial charge in [0.2, 0.25) is 11.8 Å². The summed E-state index contributed by atoms with van der Waals surface area (Å²) in [4.78, 5) is 23.7. The molecule has 0 spiro atoms. The van der Waals surface area contributed by atoms with Gasteiger partial charge in [0.05, 0.1) is 19.2 Å². The van der Waals surface area contributed by atoms with E-state index >= 15 is 0 Å². The fraction of sp³-hybridized carbons (Fsp3) is 0.412. The van der Waals surface area contributed by atoms with Gasteiger partial charge in [0.15, 0.2) is 0 Å². The number of hydrogen-bond acceptors (Lipinski definition) is 4. The van der Waals surface area contributed by atoms with Gasteiger partial charge in [-0.05, 0) is 49.9 Å². The molecule has 2 atom stereocenters. The van der Waals surface area contributed by atoms with E-state index in [4.69, 9.17) is 10.5 Å². The molecule has 0 radical (unpaired) electrons. The molecule has 6 heteroatoms. The number of rotatable bonds is 7. The summed E-state index contributed by atoms with van der Waals surface area (Å²) in [5, 5.41) is 5.63. The maximum Gasteiger partial charge on any atom is 0.248 e. The van der Waals surface area contributed by atoms with Crippen LogP contribution in [0.3, 0.4) is 0 Å². The highest BCUT2D eigenvalue weighted by molar-refractivity contribution is 5.99. The Hall–Kier alpha value is -2.34. The number of ether oxygens (including phenoxy) is 1. The first-order valence-corrected chi connectivity index (χ1v) is 7.69. The molecule has 2 rings (SSSR count). The third kappa shape index (κ3) is 5.41. The van der Waals surface area contributed by atoms with Gasteiger partial charge in [-0.25, -0.2) is 0 Å². The third-order valence-electron chi connectivity index (χ3n) is 3.66. The fourth-order valence-corrected chi connectivity index (χ4v) is 2.12. The summed E-state index contributed by atoms with van der Waals surface area (Å²) in [6.07, 6.45) is 5.29. The number of amides is 2. The lowest BCUT2D eigenvalue weighted by Crippen LogP contribution is -2.44. The number of methoxy groups -OCH3 is 1. The van der Waals surface area contributed by atoms with Crippen LogP contribution in [0.5, 0.6) is 5.75 Å². The van der Waals surface area contributed by atoms with Gasteiger partial charge in [-0.15, -0.1) is 0 Å². The van der Waals surface area contributed by atoms with Gasteiger partial charge in [0, 0.05) is 11.8 Å². The Morgan fingerprint density at radius 1 is 1.30 bits per heavy atom. The molecule has 0 aliphatic heterocycles. The van der Waals surface area contributed by atoms with E-state index in [1.165, 1.54) is 6.08 Å². The minimum absolute atomic E-state index is 0.143. The van der Waals surface area contributed by atoms with E-state index in [1.807, 2.05) is 0 Å². The molecule has 0 aromatic heterocycles. The molecule has 0 saturated heterocycles. The van der Waals surface area contributed by atoms with Gasteiger partial charge in [0.25, 0.3) is 0 Å². The molecular formula is C17H23N3O3. The van der Waals surface area contributed by atoms with Gasteiger partial charge in [-0.1, -0.05) is 6.08 Å². The fourth-order valence-electron chi connectivity index (χ4n) is 2.12. The topological polar surface area (TPSA) is 93.5 Å². The van der Waals surface area contributed by atoms with Crippen LogP contribution in [0.4, 0.5) is 5.69 Å². The average Bonchev–Trinajstić information content (AvgIpc) is 3.36. The molecule has 23 heavy (non-hydrogen) atoms. The van der Waals surface area contributed by atoms with Crippen molar-refractivity contribution in [3.05, 3.63) is 36.4 Å². The molecule has 6 nitrogen and oxygen atoms in total. The molecule has 0 heterocycles. The average molecular weight is 317 g/mol. The molecule has 0 unspecified atom stereocenters. The van der Waals surface area contributed by atoms with Crippen molar-refractivity contribution in [2.75, 3.05) is 12.4 Å². The molecule has 1 fully saturated rings. The zero-order chi connectivity index (χ0) is 16.8. The summed E-state index contributed by atoms with van der Waals surface area (Å²) >= 11 is 0. The van der Waals surface area contributed by atoms with Crippen LogP contribution >= 0.6 is 0 Å². The monoisotopic (exact) mass is 317 g/mol. The van der Waals surface area contributed by atoms with Crippen molar-refractivity contribution in [2.24, 2.45) is 11.7 Å². The van der Waals surface area contributed by atoms with E-state index in [-0.39, 0.29) is 17.9 Å². The van der Waals surface area contributed by atoms with Crippen molar-refractivity contribution >= 4 is 17.5 Å². The lowest BCUT2D eigenvalue weighted by molar-refractivity contribution is -0.122. The molecule has 1 aliphatic rings. The Morgan fingerprint density at radius 2 is 1.96 bits per heavy atom. The standard InChI is InChI=1S/C17H23N3O3/c1-11(18)17(22)20-15(12-3-4-12)9-10-16(21)19-13-5-7-14(23-2)8-6-13/h5-12,15H,3-4,18H2,1-2H3,(H,19,21)(H,20,22)/t11-,15+/m0/s1. The smallest absolute Gasteiger partial charge is 0.248 e. The van der Waals surface area contributed by atoms with E-state index in [2.05, 4.69) is 10.6 Å². The largest absolute Gasteiger partial charge is 0.497 e. The molecule has 124 valence electrons. The van der Waals surface area contributed by atoms with E-state index in [1.54, 1.807) is 44.4 Å².